The highest BCUT2D eigenvalue weighted by Crippen LogP contribution is 2.19. The number of rotatable bonds is 0. The maximum atomic E-state index is 10.9. The van der Waals surface area contributed by atoms with E-state index in [2.05, 4.69) is 0 Å². The Morgan fingerprint density at radius 3 is 2.18 bits per heavy atom. The molecule has 0 aliphatic heterocycles. The van der Waals surface area contributed by atoms with Crippen molar-refractivity contribution in [1.82, 2.24) is 4.57 Å². The van der Waals surface area contributed by atoms with Crippen molar-refractivity contribution in [3.8, 4) is 0 Å². The van der Waals surface area contributed by atoms with Gasteiger partial charge in [-0.3, -0.25) is 4.57 Å². The first kappa shape index (κ1) is 8.11. The molecule has 0 aromatic carbocycles. The second-order valence-corrected chi connectivity index (χ2v) is 3.70. The van der Waals surface area contributed by atoms with Gasteiger partial charge < -0.3 is 4.42 Å². The molecule has 0 aliphatic carbocycles. The van der Waals surface area contributed by atoms with Crippen LogP contribution in [0.25, 0.3) is 0 Å². The molecule has 62 valence electrons. The number of oxazole rings is 1. The molecule has 1 rings (SSSR count). The summed E-state index contributed by atoms with van der Waals surface area (Å²) in [6.45, 7) is 6.12. The van der Waals surface area contributed by atoms with Crippen LogP contribution in [0, 0.1) is 0 Å². The van der Waals surface area contributed by atoms with E-state index in [9.17, 15) is 4.79 Å². The molecule has 3 heteroatoms. The number of hydrogen-bond donors (Lipinski definition) is 0. The lowest BCUT2D eigenvalue weighted by molar-refractivity contribution is 0.494. The third kappa shape index (κ3) is 1.37. The fourth-order valence-corrected chi connectivity index (χ4v) is 1.04. The van der Waals surface area contributed by atoms with E-state index in [4.69, 9.17) is 4.42 Å². The van der Waals surface area contributed by atoms with Crippen LogP contribution < -0.4 is 5.76 Å². The van der Waals surface area contributed by atoms with Crippen LogP contribution >= 0.6 is 0 Å². The molecule has 0 saturated heterocycles. The SMILES string of the molecule is Cn1c(C(C)(C)C)coc1=O. The van der Waals surface area contributed by atoms with Crippen LogP contribution in [0.5, 0.6) is 0 Å². The van der Waals surface area contributed by atoms with Crippen molar-refractivity contribution < 1.29 is 4.42 Å². The minimum absolute atomic E-state index is 0.0269. The first-order valence-electron chi connectivity index (χ1n) is 3.58. The van der Waals surface area contributed by atoms with Gasteiger partial charge in [0.2, 0.25) is 0 Å². The predicted molar refractivity (Wildman–Crippen MR) is 42.6 cm³/mol. The largest absolute Gasteiger partial charge is 0.418 e. The average Bonchev–Trinajstić information content (AvgIpc) is 2.11. The van der Waals surface area contributed by atoms with Crippen LogP contribution in [0.15, 0.2) is 15.5 Å². The Morgan fingerprint density at radius 1 is 1.45 bits per heavy atom. The van der Waals surface area contributed by atoms with Crippen LogP contribution in [0.1, 0.15) is 26.5 Å². The van der Waals surface area contributed by atoms with Gasteiger partial charge in [0.05, 0.1) is 5.69 Å². The summed E-state index contributed by atoms with van der Waals surface area (Å²) in [4.78, 5) is 10.9. The summed E-state index contributed by atoms with van der Waals surface area (Å²) in [5.74, 6) is -0.296. The molecule has 0 bridgehead atoms. The Hall–Kier alpha value is -0.990. The normalized spacial score (nSPS) is 12.0. The lowest BCUT2D eigenvalue weighted by atomic mass is 9.93. The molecule has 0 amide bonds. The highest BCUT2D eigenvalue weighted by Gasteiger charge is 2.19. The Morgan fingerprint density at radius 2 is 2.00 bits per heavy atom. The van der Waals surface area contributed by atoms with Crippen molar-refractivity contribution in [3.05, 3.63) is 22.5 Å². The zero-order valence-electron chi connectivity index (χ0n) is 7.34. The van der Waals surface area contributed by atoms with Gasteiger partial charge in [0.1, 0.15) is 6.26 Å². The van der Waals surface area contributed by atoms with E-state index in [1.807, 2.05) is 20.8 Å². The Balaban J connectivity index is 3.26. The minimum atomic E-state index is -0.296. The number of nitrogens with zero attached hydrogens (tertiary/aromatic N) is 1. The molecule has 0 radical (unpaired) electrons. The third-order valence-electron chi connectivity index (χ3n) is 1.68. The van der Waals surface area contributed by atoms with E-state index in [1.54, 1.807) is 7.05 Å². The summed E-state index contributed by atoms with van der Waals surface area (Å²) < 4.78 is 6.26. The molecule has 1 heterocycles. The lowest BCUT2D eigenvalue weighted by Gasteiger charge is -2.16. The molecule has 1 aromatic rings. The van der Waals surface area contributed by atoms with Gasteiger partial charge in [-0.1, -0.05) is 20.8 Å². The van der Waals surface area contributed by atoms with Gasteiger partial charge in [-0.15, -0.1) is 0 Å². The summed E-state index contributed by atoms with van der Waals surface area (Å²) in [6.07, 6.45) is 1.52. The minimum Gasteiger partial charge on any atom is -0.416 e. The van der Waals surface area contributed by atoms with Crippen molar-refractivity contribution in [2.75, 3.05) is 0 Å². The van der Waals surface area contributed by atoms with Crippen LogP contribution in [-0.4, -0.2) is 4.57 Å². The highest BCUT2D eigenvalue weighted by atomic mass is 16.4. The number of hydrogen-bond acceptors (Lipinski definition) is 2. The molecule has 1 aromatic heterocycles. The van der Waals surface area contributed by atoms with Gasteiger partial charge in [0.15, 0.2) is 0 Å². The molecular weight excluding hydrogens is 142 g/mol. The average molecular weight is 155 g/mol. The van der Waals surface area contributed by atoms with Crippen molar-refractivity contribution in [1.29, 1.82) is 0 Å². The van der Waals surface area contributed by atoms with E-state index in [0.717, 1.165) is 5.69 Å². The molecule has 0 spiro atoms. The molecule has 0 aliphatic rings. The Bertz CT molecular complexity index is 301. The first-order valence-corrected chi connectivity index (χ1v) is 3.58. The van der Waals surface area contributed by atoms with E-state index in [0.29, 0.717) is 0 Å². The summed E-state index contributed by atoms with van der Waals surface area (Å²) >= 11 is 0. The molecule has 0 unspecified atom stereocenters. The van der Waals surface area contributed by atoms with Gasteiger partial charge in [-0.05, 0) is 0 Å². The van der Waals surface area contributed by atoms with Crippen molar-refractivity contribution >= 4 is 0 Å². The van der Waals surface area contributed by atoms with Crippen LogP contribution in [0.4, 0.5) is 0 Å². The van der Waals surface area contributed by atoms with Gasteiger partial charge in [-0.25, -0.2) is 4.79 Å². The predicted octanol–water partition coefficient (Wildman–Crippen LogP) is 1.28. The van der Waals surface area contributed by atoms with Crippen LogP contribution in [-0.2, 0) is 12.5 Å². The molecule has 11 heavy (non-hydrogen) atoms. The molecule has 3 nitrogen and oxygen atoms in total. The van der Waals surface area contributed by atoms with Crippen molar-refractivity contribution in [2.24, 2.45) is 7.05 Å². The van der Waals surface area contributed by atoms with E-state index < -0.39 is 0 Å². The zero-order chi connectivity index (χ0) is 8.65. The standard InChI is InChI=1S/C8H13NO2/c1-8(2,3)6-5-11-7(10)9(6)4/h5H,1-4H3. The quantitative estimate of drug-likeness (QED) is 0.565. The van der Waals surface area contributed by atoms with E-state index in [1.165, 1.54) is 10.8 Å². The van der Waals surface area contributed by atoms with Crippen LogP contribution in [0.2, 0.25) is 0 Å². The van der Waals surface area contributed by atoms with Gasteiger partial charge in [0.25, 0.3) is 0 Å². The third-order valence-corrected chi connectivity index (χ3v) is 1.68. The molecule has 0 saturated carbocycles. The lowest BCUT2D eigenvalue weighted by Crippen LogP contribution is -2.21. The Kier molecular flexibility index (Phi) is 1.66. The molecule has 0 atom stereocenters. The smallest absolute Gasteiger partial charge is 0.416 e. The maximum Gasteiger partial charge on any atom is 0.418 e. The van der Waals surface area contributed by atoms with Crippen molar-refractivity contribution in [3.63, 3.8) is 0 Å². The monoisotopic (exact) mass is 155 g/mol. The fourth-order valence-electron chi connectivity index (χ4n) is 1.04. The fraction of sp³-hybridized carbons (Fsp3) is 0.625. The maximum absolute atomic E-state index is 10.9. The van der Waals surface area contributed by atoms with Gasteiger partial charge in [0, 0.05) is 12.5 Å². The molecule has 0 N–H and O–H groups in total. The van der Waals surface area contributed by atoms with E-state index >= 15 is 0 Å². The van der Waals surface area contributed by atoms with Crippen LogP contribution in [0.3, 0.4) is 0 Å². The molecular formula is C8H13NO2. The Labute approximate surface area is 65.6 Å². The second kappa shape index (κ2) is 2.26. The zero-order valence-corrected chi connectivity index (χ0v) is 7.34. The first-order chi connectivity index (χ1) is 4.93. The van der Waals surface area contributed by atoms with E-state index in [-0.39, 0.29) is 11.2 Å². The summed E-state index contributed by atoms with van der Waals surface area (Å²) in [5, 5.41) is 0. The van der Waals surface area contributed by atoms with Gasteiger partial charge in [-0.2, -0.15) is 0 Å². The van der Waals surface area contributed by atoms with Gasteiger partial charge >= 0.3 is 5.76 Å². The summed E-state index contributed by atoms with van der Waals surface area (Å²) in [6, 6.07) is 0. The molecule has 0 fully saturated rings. The topological polar surface area (TPSA) is 35.1 Å². The highest BCUT2D eigenvalue weighted by molar-refractivity contribution is 5.07. The summed E-state index contributed by atoms with van der Waals surface area (Å²) in [7, 11) is 1.71. The number of aromatic nitrogens is 1. The summed E-state index contributed by atoms with van der Waals surface area (Å²) in [5.41, 5.74) is 0.892. The van der Waals surface area contributed by atoms with Crippen molar-refractivity contribution in [2.45, 2.75) is 26.2 Å². The second-order valence-electron chi connectivity index (χ2n) is 3.70.